The fourth-order valence-corrected chi connectivity index (χ4v) is 1.29. The summed E-state index contributed by atoms with van der Waals surface area (Å²) in [5, 5.41) is 4.87. The molecule has 1 aliphatic rings. The molecule has 6 heteroatoms. The van der Waals surface area contributed by atoms with Gasteiger partial charge in [0.25, 0.3) is 5.91 Å². The highest BCUT2D eigenvalue weighted by molar-refractivity contribution is 5.96. The van der Waals surface area contributed by atoms with E-state index in [0.717, 1.165) is 0 Å². The average molecular weight is 224 g/mol. The van der Waals surface area contributed by atoms with Gasteiger partial charge in [-0.1, -0.05) is 0 Å². The summed E-state index contributed by atoms with van der Waals surface area (Å²) < 4.78 is 17.3. The Morgan fingerprint density at radius 2 is 2.12 bits per heavy atom. The molecule has 1 aromatic rings. The standard InChI is InChI=1S/C10H9FN2O3/c11-6-1-3-7(4-2-6)13-9(14)8-5-12-10(15)16-8/h1-4,8H,5H2,(H,12,15)(H,13,14). The Hall–Kier alpha value is -2.11. The predicted octanol–water partition coefficient (Wildman–Crippen LogP) is 0.873. The van der Waals surface area contributed by atoms with Crippen LogP contribution in [0.1, 0.15) is 0 Å². The maximum absolute atomic E-state index is 12.6. The molecule has 1 unspecified atom stereocenters. The number of rotatable bonds is 2. The third kappa shape index (κ3) is 2.28. The largest absolute Gasteiger partial charge is 0.434 e. The second kappa shape index (κ2) is 4.18. The van der Waals surface area contributed by atoms with Gasteiger partial charge in [0.05, 0.1) is 6.54 Å². The predicted molar refractivity (Wildman–Crippen MR) is 53.3 cm³/mol. The number of amides is 2. The lowest BCUT2D eigenvalue weighted by molar-refractivity contribution is -0.122. The molecule has 84 valence electrons. The summed E-state index contributed by atoms with van der Waals surface area (Å²) in [6, 6.07) is 5.32. The van der Waals surface area contributed by atoms with Crippen LogP contribution in [0.15, 0.2) is 24.3 Å². The molecule has 2 N–H and O–H groups in total. The number of halogens is 1. The Labute approximate surface area is 90.6 Å². The molecule has 0 aromatic heterocycles. The van der Waals surface area contributed by atoms with E-state index in [4.69, 9.17) is 0 Å². The molecule has 2 rings (SSSR count). The Bertz CT molecular complexity index is 419. The maximum atomic E-state index is 12.6. The maximum Gasteiger partial charge on any atom is 0.408 e. The van der Waals surface area contributed by atoms with E-state index in [0.29, 0.717) is 5.69 Å². The molecule has 0 bridgehead atoms. The van der Waals surface area contributed by atoms with Gasteiger partial charge in [-0.2, -0.15) is 0 Å². The van der Waals surface area contributed by atoms with E-state index in [1.54, 1.807) is 0 Å². The Kier molecular flexibility index (Phi) is 2.72. The van der Waals surface area contributed by atoms with Crippen molar-refractivity contribution in [1.29, 1.82) is 0 Å². The Morgan fingerprint density at radius 1 is 1.44 bits per heavy atom. The van der Waals surface area contributed by atoms with Gasteiger partial charge in [-0.15, -0.1) is 0 Å². The van der Waals surface area contributed by atoms with Crippen molar-refractivity contribution in [2.45, 2.75) is 6.10 Å². The average Bonchev–Trinajstić information content (AvgIpc) is 2.68. The lowest BCUT2D eigenvalue weighted by atomic mass is 10.3. The van der Waals surface area contributed by atoms with E-state index < -0.39 is 18.1 Å². The highest BCUT2D eigenvalue weighted by Crippen LogP contribution is 2.10. The van der Waals surface area contributed by atoms with Gasteiger partial charge in [-0.25, -0.2) is 9.18 Å². The highest BCUT2D eigenvalue weighted by Gasteiger charge is 2.29. The molecule has 1 saturated heterocycles. The van der Waals surface area contributed by atoms with Gasteiger partial charge in [0.2, 0.25) is 0 Å². The first-order valence-electron chi connectivity index (χ1n) is 4.66. The number of ether oxygens (including phenoxy) is 1. The third-order valence-electron chi connectivity index (χ3n) is 2.09. The van der Waals surface area contributed by atoms with Crippen LogP contribution in [0.25, 0.3) is 0 Å². The molecule has 1 heterocycles. The minimum atomic E-state index is -0.836. The van der Waals surface area contributed by atoms with Crippen LogP contribution in [0.2, 0.25) is 0 Å². The summed E-state index contributed by atoms with van der Waals surface area (Å²) in [7, 11) is 0. The highest BCUT2D eigenvalue weighted by atomic mass is 19.1. The topological polar surface area (TPSA) is 67.4 Å². The van der Waals surface area contributed by atoms with Crippen LogP contribution < -0.4 is 10.6 Å². The van der Waals surface area contributed by atoms with Crippen LogP contribution in [-0.2, 0) is 9.53 Å². The van der Waals surface area contributed by atoms with Crippen molar-refractivity contribution in [3.05, 3.63) is 30.1 Å². The number of hydrogen-bond donors (Lipinski definition) is 2. The van der Waals surface area contributed by atoms with E-state index in [1.807, 2.05) is 0 Å². The van der Waals surface area contributed by atoms with Gasteiger partial charge in [0.1, 0.15) is 5.82 Å². The number of benzene rings is 1. The zero-order chi connectivity index (χ0) is 11.5. The number of nitrogens with one attached hydrogen (secondary N) is 2. The monoisotopic (exact) mass is 224 g/mol. The molecule has 5 nitrogen and oxygen atoms in total. The second-order valence-electron chi connectivity index (χ2n) is 3.27. The Morgan fingerprint density at radius 3 is 2.69 bits per heavy atom. The molecule has 0 radical (unpaired) electrons. The van der Waals surface area contributed by atoms with Gasteiger partial charge < -0.3 is 15.4 Å². The fourth-order valence-electron chi connectivity index (χ4n) is 1.29. The lowest BCUT2D eigenvalue weighted by Crippen LogP contribution is -2.30. The number of anilines is 1. The zero-order valence-corrected chi connectivity index (χ0v) is 8.20. The van der Waals surface area contributed by atoms with Crippen LogP contribution in [0.3, 0.4) is 0 Å². The molecule has 1 aliphatic heterocycles. The second-order valence-corrected chi connectivity index (χ2v) is 3.27. The van der Waals surface area contributed by atoms with Gasteiger partial charge in [-0.3, -0.25) is 4.79 Å². The van der Waals surface area contributed by atoms with Crippen LogP contribution in [0, 0.1) is 5.82 Å². The summed E-state index contributed by atoms with van der Waals surface area (Å²) in [5.41, 5.74) is 0.453. The fraction of sp³-hybridized carbons (Fsp3) is 0.200. The van der Waals surface area contributed by atoms with Crippen molar-refractivity contribution in [1.82, 2.24) is 5.32 Å². The molecule has 1 fully saturated rings. The molecule has 2 amide bonds. The molecule has 16 heavy (non-hydrogen) atoms. The number of alkyl carbamates (subject to hydrolysis) is 1. The molecule has 0 spiro atoms. The van der Waals surface area contributed by atoms with Crippen LogP contribution >= 0.6 is 0 Å². The smallest absolute Gasteiger partial charge is 0.408 e. The molecule has 0 saturated carbocycles. The molecule has 0 aliphatic carbocycles. The van der Waals surface area contributed by atoms with Gasteiger partial charge in [0, 0.05) is 5.69 Å². The van der Waals surface area contributed by atoms with Crippen molar-refractivity contribution >= 4 is 17.7 Å². The van der Waals surface area contributed by atoms with Gasteiger partial charge >= 0.3 is 6.09 Å². The molecule has 1 atom stereocenters. The van der Waals surface area contributed by atoms with Crippen molar-refractivity contribution < 1.29 is 18.7 Å². The van der Waals surface area contributed by atoms with E-state index in [9.17, 15) is 14.0 Å². The first-order chi connectivity index (χ1) is 7.65. The van der Waals surface area contributed by atoms with Crippen LogP contribution in [-0.4, -0.2) is 24.6 Å². The molecular weight excluding hydrogens is 215 g/mol. The number of cyclic esters (lactones) is 1. The summed E-state index contributed by atoms with van der Waals surface area (Å²) in [6.07, 6.45) is -1.45. The summed E-state index contributed by atoms with van der Waals surface area (Å²) in [6.45, 7) is 0.145. The van der Waals surface area contributed by atoms with E-state index in [2.05, 4.69) is 15.4 Å². The number of carbonyl (C=O) groups excluding carboxylic acids is 2. The molecular formula is C10H9FN2O3. The van der Waals surface area contributed by atoms with E-state index in [-0.39, 0.29) is 12.4 Å². The first-order valence-corrected chi connectivity index (χ1v) is 4.66. The number of carbonyl (C=O) groups is 2. The van der Waals surface area contributed by atoms with Gasteiger partial charge in [-0.05, 0) is 24.3 Å². The van der Waals surface area contributed by atoms with Crippen molar-refractivity contribution in [3.8, 4) is 0 Å². The Balaban J connectivity index is 1.97. The summed E-state index contributed by atoms with van der Waals surface area (Å²) in [5.74, 6) is -0.822. The zero-order valence-electron chi connectivity index (χ0n) is 8.20. The third-order valence-corrected chi connectivity index (χ3v) is 2.09. The van der Waals surface area contributed by atoms with Crippen molar-refractivity contribution in [3.63, 3.8) is 0 Å². The van der Waals surface area contributed by atoms with E-state index in [1.165, 1.54) is 24.3 Å². The summed E-state index contributed by atoms with van der Waals surface area (Å²) >= 11 is 0. The minimum absolute atomic E-state index is 0.145. The normalized spacial score (nSPS) is 18.8. The van der Waals surface area contributed by atoms with Crippen molar-refractivity contribution in [2.24, 2.45) is 0 Å². The minimum Gasteiger partial charge on any atom is -0.434 e. The summed E-state index contributed by atoms with van der Waals surface area (Å²) in [4.78, 5) is 22.2. The molecule has 1 aromatic carbocycles. The quantitative estimate of drug-likeness (QED) is 0.783. The SMILES string of the molecule is O=C1NCC(C(=O)Nc2ccc(F)cc2)O1. The van der Waals surface area contributed by atoms with Crippen molar-refractivity contribution in [2.75, 3.05) is 11.9 Å². The first kappa shape index (κ1) is 10.4. The number of hydrogen-bond acceptors (Lipinski definition) is 3. The van der Waals surface area contributed by atoms with E-state index >= 15 is 0 Å². The lowest BCUT2D eigenvalue weighted by Gasteiger charge is -2.08. The van der Waals surface area contributed by atoms with Gasteiger partial charge in [0.15, 0.2) is 6.10 Å². The van der Waals surface area contributed by atoms with Crippen LogP contribution in [0.5, 0.6) is 0 Å². The van der Waals surface area contributed by atoms with Crippen LogP contribution in [0.4, 0.5) is 14.9 Å².